The summed E-state index contributed by atoms with van der Waals surface area (Å²) in [7, 11) is 0. The van der Waals surface area contributed by atoms with Gasteiger partial charge in [-0.3, -0.25) is 0 Å². The van der Waals surface area contributed by atoms with E-state index in [1.54, 1.807) is 6.07 Å². The zero-order valence-corrected chi connectivity index (χ0v) is 7.55. The van der Waals surface area contributed by atoms with Gasteiger partial charge >= 0.3 is 0 Å². The molecule has 12 heavy (non-hydrogen) atoms. The van der Waals surface area contributed by atoms with E-state index in [0.717, 1.165) is 0 Å². The zero-order valence-electron chi connectivity index (χ0n) is 5.84. The van der Waals surface area contributed by atoms with Gasteiger partial charge in [0.25, 0.3) is 0 Å². The number of benzene rings is 1. The van der Waals surface area contributed by atoms with Crippen LogP contribution in [0.15, 0.2) is 22.4 Å². The molecule has 4 heteroatoms. The molecule has 0 bridgehead atoms. The van der Waals surface area contributed by atoms with Gasteiger partial charge in [0.05, 0.1) is 5.39 Å². The fraction of sp³-hybridized carbons (Fsp3) is 0. The Balaban J connectivity index is 2.96. The van der Waals surface area contributed by atoms with Gasteiger partial charge in [-0.1, -0.05) is 0 Å². The van der Waals surface area contributed by atoms with Gasteiger partial charge in [0.15, 0.2) is 0 Å². The smallest absolute Gasteiger partial charge is 0.148 e. The normalized spacial score (nSPS) is 10.9. The molecule has 1 heterocycles. The predicted molar refractivity (Wildman–Crippen MR) is 49.0 cm³/mol. The summed E-state index contributed by atoms with van der Waals surface area (Å²) in [6.45, 7) is 0. The minimum absolute atomic E-state index is 0.0486. The zero-order chi connectivity index (χ0) is 8.72. The van der Waals surface area contributed by atoms with Crippen LogP contribution in [0.1, 0.15) is 0 Å². The van der Waals surface area contributed by atoms with E-state index in [-0.39, 0.29) is 10.3 Å². The molecule has 62 valence electrons. The highest BCUT2D eigenvalue weighted by atomic mass is 32.1. The summed E-state index contributed by atoms with van der Waals surface area (Å²) in [5, 5.41) is 1.34. The summed E-state index contributed by atoms with van der Waals surface area (Å²) in [5.41, 5.74) is 0. The molecule has 0 aliphatic heterocycles. The molecular formula is C8H4F2S2. The van der Waals surface area contributed by atoms with Gasteiger partial charge in [0.2, 0.25) is 0 Å². The number of rotatable bonds is 0. The number of thiophene rings is 1. The van der Waals surface area contributed by atoms with Crippen molar-refractivity contribution in [2.75, 3.05) is 0 Å². The molecule has 0 amide bonds. The maximum absolute atomic E-state index is 13.2. The second kappa shape index (κ2) is 2.71. The van der Waals surface area contributed by atoms with Crippen molar-refractivity contribution >= 4 is 34.1 Å². The van der Waals surface area contributed by atoms with Crippen molar-refractivity contribution in [2.45, 2.75) is 4.90 Å². The Bertz CT molecular complexity index is 434. The highest BCUT2D eigenvalue weighted by Gasteiger charge is 2.10. The third kappa shape index (κ3) is 1.03. The fourth-order valence-corrected chi connectivity index (χ4v) is 2.03. The summed E-state index contributed by atoms with van der Waals surface area (Å²) in [6.07, 6.45) is 0. The molecule has 0 unspecified atom stereocenters. The fourth-order valence-electron chi connectivity index (χ4n) is 1.04. The standard InChI is InChI=1S/C8H4F2S2/c9-4-3-12-6-2-1-5(11)8(10)7(4)6/h1-3,11H. The van der Waals surface area contributed by atoms with E-state index in [2.05, 4.69) is 12.6 Å². The quantitative estimate of drug-likeness (QED) is 0.621. The van der Waals surface area contributed by atoms with E-state index in [1.165, 1.54) is 22.8 Å². The summed E-state index contributed by atoms with van der Waals surface area (Å²) in [4.78, 5) is 0.180. The molecule has 0 spiro atoms. The van der Waals surface area contributed by atoms with Crippen molar-refractivity contribution in [3.05, 3.63) is 29.1 Å². The van der Waals surface area contributed by atoms with E-state index >= 15 is 0 Å². The van der Waals surface area contributed by atoms with Crippen LogP contribution in [-0.2, 0) is 0 Å². The lowest BCUT2D eigenvalue weighted by Crippen LogP contribution is -1.80. The van der Waals surface area contributed by atoms with Gasteiger partial charge in [0.1, 0.15) is 11.6 Å². The lowest BCUT2D eigenvalue weighted by molar-refractivity contribution is 0.595. The van der Waals surface area contributed by atoms with Crippen LogP contribution in [0.3, 0.4) is 0 Å². The second-order valence-electron chi connectivity index (χ2n) is 2.36. The summed E-state index contributed by atoms with van der Waals surface area (Å²) in [5.74, 6) is -1.09. The molecule has 0 radical (unpaired) electrons. The third-order valence-corrected chi connectivity index (χ3v) is 2.88. The monoisotopic (exact) mass is 202 g/mol. The van der Waals surface area contributed by atoms with Crippen LogP contribution >= 0.6 is 24.0 Å². The van der Waals surface area contributed by atoms with Crippen LogP contribution in [-0.4, -0.2) is 0 Å². The molecular weight excluding hydrogens is 198 g/mol. The lowest BCUT2D eigenvalue weighted by Gasteiger charge is -1.95. The Morgan fingerprint density at radius 2 is 2.00 bits per heavy atom. The minimum atomic E-state index is -0.574. The highest BCUT2D eigenvalue weighted by Crippen LogP contribution is 2.30. The number of hydrogen-bond donors (Lipinski definition) is 1. The first-order chi connectivity index (χ1) is 5.70. The Morgan fingerprint density at radius 1 is 1.25 bits per heavy atom. The van der Waals surface area contributed by atoms with Crippen molar-refractivity contribution in [3.63, 3.8) is 0 Å². The van der Waals surface area contributed by atoms with Crippen molar-refractivity contribution in [2.24, 2.45) is 0 Å². The first kappa shape index (κ1) is 8.01. The van der Waals surface area contributed by atoms with Crippen molar-refractivity contribution < 1.29 is 8.78 Å². The third-order valence-electron chi connectivity index (χ3n) is 1.61. The summed E-state index contributed by atoms with van der Waals surface area (Å²) < 4.78 is 26.7. The predicted octanol–water partition coefficient (Wildman–Crippen LogP) is 3.47. The molecule has 2 aromatic rings. The topological polar surface area (TPSA) is 0 Å². The first-order valence-electron chi connectivity index (χ1n) is 3.24. The Morgan fingerprint density at radius 3 is 2.75 bits per heavy atom. The molecule has 0 fully saturated rings. The van der Waals surface area contributed by atoms with E-state index in [1.807, 2.05) is 0 Å². The summed E-state index contributed by atoms with van der Waals surface area (Å²) in [6, 6.07) is 3.19. The largest absolute Gasteiger partial charge is 0.205 e. The maximum atomic E-state index is 13.2. The van der Waals surface area contributed by atoms with Crippen LogP contribution in [0, 0.1) is 11.6 Å². The molecule has 0 N–H and O–H groups in total. The van der Waals surface area contributed by atoms with Crippen molar-refractivity contribution in [1.29, 1.82) is 0 Å². The summed E-state index contributed by atoms with van der Waals surface area (Å²) >= 11 is 5.05. The van der Waals surface area contributed by atoms with E-state index < -0.39 is 11.6 Å². The average molecular weight is 202 g/mol. The van der Waals surface area contributed by atoms with Crippen molar-refractivity contribution in [3.8, 4) is 0 Å². The van der Waals surface area contributed by atoms with Gasteiger partial charge in [-0.2, -0.15) is 0 Å². The van der Waals surface area contributed by atoms with Crippen molar-refractivity contribution in [1.82, 2.24) is 0 Å². The van der Waals surface area contributed by atoms with Gasteiger partial charge in [-0.05, 0) is 12.1 Å². The van der Waals surface area contributed by atoms with Crippen LogP contribution in [0.5, 0.6) is 0 Å². The molecule has 0 aliphatic carbocycles. The highest BCUT2D eigenvalue weighted by molar-refractivity contribution is 7.80. The Labute approximate surface area is 77.2 Å². The molecule has 2 rings (SSSR count). The van der Waals surface area contributed by atoms with Gasteiger partial charge in [0, 0.05) is 15.0 Å². The van der Waals surface area contributed by atoms with Crippen LogP contribution in [0.4, 0.5) is 8.78 Å². The van der Waals surface area contributed by atoms with Gasteiger partial charge in [-0.15, -0.1) is 24.0 Å². The average Bonchev–Trinajstić information content (AvgIpc) is 2.41. The first-order valence-corrected chi connectivity index (χ1v) is 4.57. The van der Waals surface area contributed by atoms with E-state index in [0.29, 0.717) is 4.70 Å². The van der Waals surface area contributed by atoms with Gasteiger partial charge in [-0.25, -0.2) is 8.78 Å². The molecule has 0 saturated carbocycles. The minimum Gasteiger partial charge on any atom is -0.205 e. The van der Waals surface area contributed by atoms with Crippen LogP contribution < -0.4 is 0 Å². The number of halogens is 2. The molecule has 1 aromatic carbocycles. The van der Waals surface area contributed by atoms with E-state index in [4.69, 9.17) is 0 Å². The number of hydrogen-bond acceptors (Lipinski definition) is 2. The Kier molecular flexibility index (Phi) is 1.81. The van der Waals surface area contributed by atoms with E-state index in [9.17, 15) is 8.78 Å². The van der Waals surface area contributed by atoms with Crippen LogP contribution in [0.25, 0.3) is 10.1 Å². The Hall–Kier alpha value is -0.610. The molecule has 0 saturated heterocycles. The second-order valence-corrected chi connectivity index (χ2v) is 3.75. The van der Waals surface area contributed by atoms with Gasteiger partial charge < -0.3 is 0 Å². The molecule has 0 aliphatic rings. The van der Waals surface area contributed by atoms with Crippen LogP contribution in [0.2, 0.25) is 0 Å². The molecule has 0 atom stereocenters. The molecule has 0 nitrogen and oxygen atoms in total. The number of thiol groups is 1. The molecule has 1 aromatic heterocycles. The maximum Gasteiger partial charge on any atom is 0.148 e. The SMILES string of the molecule is Fc1csc2ccc(S)c(F)c12. The number of fused-ring (bicyclic) bond motifs is 1. The lowest BCUT2D eigenvalue weighted by atomic mass is 10.2.